The fourth-order valence-electron chi connectivity index (χ4n) is 2.44. The molecule has 0 radical (unpaired) electrons. The van der Waals surface area contributed by atoms with Gasteiger partial charge in [-0.1, -0.05) is 11.6 Å². The molecule has 2 rings (SSSR count). The van der Waals surface area contributed by atoms with Crippen molar-refractivity contribution in [3.05, 3.63) is 21.3 Å². The van der Waals surface area contributed by atoms with E-state index in [2.05, 4.69) is 16.3 Å². The van der Waals surface area contributed by atoms with E-state index >= 15 is 0 Å². The molecule has 1 aromatic rings. The smallest absolute Gasteiger partial charge is 0.0931 e. The van der Waals surface area contributed by atoms with Gasteiger partial charge < -0.3 is 5.32 Å². The number of hydrogen-bond acceptors (Lipinski definition) is 3. The predicted molar refractivity (Wildman–Crippen MR) is 83.1 cm³/mol. The molecule has 0 saturated carbocycles. The normalized spacial score (nSPS) is 17.7. The van der Waals surface area contributed by atoms with Crippen LogP contribution in [0.2, 0.25) is 4.34 Å². The van der Waals surface area contributed by atoms with Gasteiger partial charge in [-0.2, -0.15) is 0 Å². The van der Waals surface area contributed by atoms with Crippen LogP contribution in [0.5, 0.6) is 0 Å². The Balaban J connectivity index is 0.00000162. The molecule has 0 bridgehead atoms. The molecule has 1 saturated heterocycles. The van der Waals surface area contributed by atoms with E-state index in [-0.39, 0.29) is 12.4 Å². The molecule has 0 aliphatic carbocycles. The van der Waals surface area contributed by atoms with E-state index in [0.29, 0.717) is 0 Å². The van der Waals surface area contributed by atoms with E-state index in [4.69, 9.17) is 11.6 Å². The Labute approximate surface area is 125 Å². The van der Waals surface area contributed by atoms with Gasteiger partial charge in [0, 0.05) is 11.4 Å². The molecule has 0 amide bonds. The topological polar surface area (TPSA) is 15.3 Å². The van der Waals surface area contributed by atoms with Gasteiger partial charge in [-0.3, -0.25) is 4.90 Å². The van der Waals surface area contributed by atoms with Crippen molar-refractivity contribution in [3.63, 3.8) is 0 Å². The number of nitrogens with one attached hydrogen (secondary N) is 1. The highest BCUT2D eigenvalue weighted by atomic mass is 35.5. The van der Waals surface area contributed by atoms with Gasteiger partial charge in [0.05, 0.1) is 4.34 Å². The van der Waals surface area contributed by atoms with Crippen molar-refractivity contribution in [1.29, 1.82) is 0 Å². The van der Waals surface area contributed by atoms with Gasteiger partial charge in [0.25, 0.3) is 0 Å². The van der Waals surface area contributed by atoms with Gasteiger partial charge in [0.2, 0.25) is 0 Å². The van der Waals surface area contributed by atoms with Crippen LogP contribution in [0.3, 0.4) is 0 Å². The summed E-state index contributed by atoms with van der Waals surface area (Å²) < 4.78 is 0.906. The Morgan fingerprint density at radius 3 is 2.67 bits per heavy atom. The number of piperidine rings is 1. The summed E-state index contributed by atoms with van der Waals surface area (Å²) in [5, 5.41) is 3.24. The molecule has 1 aliphatic rings. The van der Waals surface area contributed by atoms with Crippen LogP contribution in [0, 0.1) is 5.92 Å². The monoisotopic (exact) mass is 308 g/mol. The maximum atomic E-state index is 5.95. The minimum atomic E-state index is 0. The summed E-state index contributed by atoms with van der Waals surface area (Å²) in [6, 6.07) is 4.15. The zero-order chi connectivity index (χ0) is 12.1. The summed E-state index contributed by atoms with van der Waals surface area (Å²) in [7, 11) is 2.04. The lowest BCUT2D eigenvalue weighted by molar-refractivity contribution is 0.173. The highest BCUT2D eigenvalue weighted by molar-refractivity contribution is 7.16. The second-order valence-electron chi connectivity index (χ2n) is 4.82. The Morgan fingerprint density at radius 1 is 1.39 bits per heavy atom. The van der Waals surface area contributed by atoms with Crippen molar-refractivity contribution in [1.82, 2.24) is 10.2 Å². The van der Waals surface area contributed by atoms with Gasteiger partial charge >= 0.3 is 0 Å². The van der Waals surface area contributed by atoms with Gasteiger partial charge in [0.1, 0.15) is 0 Å². The molecule has 104 valence electrons. The summed E-state index contributed by atoms with van der Waals surface area (Å²) in [6.45, 7) is 4.72. The quantitative estimate of drug-likeness (QED) is 0.893. The Kier molecular flexibility index (Phi) is 7.57. The molecule has 2 nitrogen and oxygen atoms in total. The maximum absolute atomic E-state index is 5.95. The molecule has 1 aliphatic heterocycles. The van der Waals surface area contributed by atoms with Crippen molar-refractivity contribution >= 4 is 35.3 Å². The third-order valence-corrected chi connectivity index (χ3v) is 4.73. The van der Waals surface area contributed by atoms with Crippen molar-refractivity contribution in [3.8, 4) is 0 Å². The first kappa shape index (κ1) is 16.3. The number of thiophene rings is 1. The van der Waals surface area contributed by atoms with E-state index < -0.39 is 0 Å². The molecule has 0 aromatic carbocycles. The second kappa shape index (κ2) is 8.39. The average Bonchev–Trinajstić information content (AvgIpc) is 2.74. The molecule has 0 atom stereocenters. The van der Waals surface area contributed by atoms with Crippen LogP contribution in [0.15, 0.2) is 12.1 Å². The van der Waals surface area contributed by atoms with E-state index in [1.807, 2.05) is 13.1 Å². The van der Waals surface area contributed by atoms with Crippen molar-refractivity contribution in [2.75, 3.05) is 26.7 Å². The zero-order valence-corrected chi connectivity index (χ0v) is 13.2. The first-order chi connectivity index (χ1) is 8.28. The van der Waals surface area contributed by atoms with Crippen LogP contribution in [0.1, 0.15) is 24.1 Å². The lowest BCUT2D eigenvalue weighted by Gasteiger charge is -2.31. The standard InChI is InChI=1S/C13H21ClN2S.ClH/c1-15-7-4-11-5-8-16(9-6-11)10-12-2-3-13(14)17-12;/h2-3,11,15H,4-10H2,1H3;1H. The van der Waals surface area contributed by atoms with Gasteiger partial charge in [-0.15, -0.1) is 23.7 Å². The minimum Gasteiger partial charge on any atom is -0.320 e. The number of rotatable bonds is 5. The van der Waals surface area contributed by atoms with Gasteiger partial charge in [0.15, 0.2) is 0 Å². The maximum Gasteiger partial charge on any atom is 0.0931 e. The second-order valence-corrected chi connectivity index (χ2v) is 6.62. The van der Waals surface area contributed by atoms with Gasteiger partial charge in [-0.25, -0.2) is 0 Å². The van der Waals surface area contributed by atoms with Crippen LogP contribution in [0.25, 0.3) is 0 Å². The summed E-state index contributed by atoms with van der Waals surface area (Å²) in [5.74, 6) is 0.922. The van der Waals surface area contributed by atoms with Gasteiger partial charge in [-0.05, 0) is 64.0 Å². The predicted octanol–water partition coefficient (Wildman–Crippen LogP) is 3.64. The molecule has 0 unspecified atom stereocenters. The van der Waals surface area contributed by atoms with Crippen molar-refractivity contribution in [2.24, 2.45) is 5.92 Å². The van der Waals surface area contributed by atoms with E-state index in [1.165, 1.54) is 37.2 Å². The third-order valence-electron chi connectivity index (χ3n) is 3.52. The van der Waals surface area contributed by atoms with Crippen LogP contribution >= 0.6 is 35.3 Å². The largest absolute Gasteiger partial charge is 0.320 e. The molecular weight excluding hydrogens is 287 g/mol. The number of likely N-dealkylation sites (tertiary alicyclic amines) is 1. The highest BCUT2D eigenvalue weighted by Gasteiger charge is 2.18. The Morgan fingerprint density at radius 2 is 2.11 bits per heavy atom. The van der Waals surface area contributed by atoms with Crippen LogP contribution in [-0.2, 0) is 6.54 Å². The van der Waals surface area contributed by atoms with Crippen LogP contribution < -0.4 is 5.32 Å². The van der Waals surface area contributed by atoms with E-state index in [1.54, 1.807) is 11.3 Å². The molecule has 1 aromatic heterocycles. The molecule has 18 heavy (non-hydrogen) atoms. The Hall–Kier alpha value is 0.200. The molecular formula is C13H22Cl2N2S. The van der Waals surface area contributed by atoms with Crippen molar-refractivity contribution in [2.45, 2.75) is 25.8 Å². The van der Waals surface area contributed by atoms with Crippen LogP contribution in [-0.4, -0.2) is 31.6 Å². The lowest BCUT2D eigenvalue weighted by atomic mass is 9.93. The molecule has 5 heteroatoms. The van der Waals surface area contributed by atoms with Crippen molar-refractivity contribution < 1.29 is 0 Å². The zero-order valence-electron chi connectivity index (χ0n) is 10.8. The summed E-state index contributed by atoms with van der Waals surface area (Å²) >= 11 is 7.66. The summed E-state index contributed by atoms with van der Waals surface area (Å²) in [4.78, 5) is 3.95. The number of hydrogen-bond donors (Lipinski definition) is 1. The number of halogens is 2. The average molecular weight is 309 g/mol. The Bertz CT molecular complexity index is 335. The lowest BCUT2D eigenvalue weighted by Crippen LogP contribution is -2.33. The fourth-order valence-corrected chi connectivity index (χ4v) is 3.57. The molecule has 2 heterocycles. The third kappa shape index (κ3) is 5.06. The summed E-state index contributed by atoms with van der Waals surface area (Å²) in [6.07, 6.45) is 4.02. The SMILES string of the molecule is CNCCC1CCN(Cc2ccc(Cl)s2)CC1.Cl. The molecule has 0 spiro atoms. The first-order valence-corrected chi connectivity index (χ1v) is 7.58. The molecule has 1 fully saturated rings. The molecule has 1 N–H and O–H groups in total. The summed E-state index contributed by atoms with van der Waals surface area (Å²) in [5.41, 5.74) is 0. The minimum absolute atomic E-state index is 0. The fraction of sp³-hybridized carbons (Fsp3) is 0.692. The highest BCUT2D eigenvalue weighted by Crippen LogP contribution is 2.25. The van der Waals surface area contributed by atoms with E-state index in [9.17, 15) is 0 Å². The first-order valence-electron chi connectivity index (χ1n) is 6.39. The van der Waals surface area contributed by atoms with Crippen LogP contribution in [0.4, 0.5) is 0 Å². The van der Waals surface area contributed by atoms with E-state index in [0.717, 1.165) is 23.3 Å². The number of nitrogens with zero attached hydrogens (tertiary/aromatic N) is 1.